The zero-order valence-electron chi connectivity index (χ0n) is 11.7. The highest BCUT2D eigenvalue weighted by Gasteiger charge is 2.17. The van der Waals surface area contributed by atoms with Crippen molar-refractivity contribution in [2.75, 3.05) is 0 Å². The lowest BCUT2D eigenvalue weighted by molar-refractivity contribution is 0.0946. The Labute approximate surface area is 127 Å². The molecule has 1 aliphatic carbocycles. The van der Waals surface area contributed by atoms with E-state index in [0.717, 1.165) is 23.3 Å². The first-order chi connectivity index (χ1) is 10.2. The molecule has 4 nitrogen and oxygen atoms in total. The highest BCUT2D eigenvalue weighted by molar-refractivity contribution is 7.14. The number of nitrogens with zero attached hydrogens (tertiary/aromatic N) is 1. The molecule has 1 amide bonds. The van der Waals surface area contributed by atoms with Crippen LogP contribution in [0, 0.1) is 0 Å². The Hall–Kier alpha value is -2.14. The number of rotatable bonds is 4. The van der Waals surface area contributed by atoms with Crippen LogP contribution < -0.4 is 10.9 Å². The van der Waals surface area contributed by atoms with Crippen molar-refractivity contribution in [2.24, 2.45) is 0 Å². The normalized spacial score (nSPS) is 13.3. The molecule has 1 aliphatic rings. The Morgan fingerprint density at radius 3 is 2.71 bits per heavy atom. The second-order valence-corrected chi connectivity index (χ2v) is 6.20. The summed E-state index contributed by atoms with van der Waals surface area (Å²) in [6.07, 6.45) is 8.03. The van der Waals surface area contributed by atoms with Crippen molar-refractivity contribution in [1.29, 1.82) is 0 Å². The Balaban J connectivity index is 1.62. The van der Waals surface area contributed by atoms with Crippen molar-refractivity contribution in [1.82, 2.24) is 15.8 Å². The number of pyridine rings is 1. The van der Waals surface area contributed by atoms with Gasteiger partial charge in [0.2, 0.25) is 0 Å². The Bertz CT molecular complexity index is 640. The molecule has 0 radical (unpaired) electrons. The molecule has 21 heavy (non-hydrogen) atoms. The standard InChI is InChI=1S/C16H17N3OS/c1-11(12-6-8-17-9-7-12)18-19-16(20)15-10-13-4-2-3-5-14(13)21-15/h6-10,18H,1-5H2,(H,19,20). The molecule has 108 valence electrons. The SMILES string of the molecule is C=C(NNC(=O)c1cc2c(s1)CCCC2)c1ccncc1. The van der Waals surface area contributed by atoms with E-state index in [9.17, 15) is 4.79 Å². The summed E-state index contributed by atoms with van der Waals surface area (Å²) >= 11 is 1.60. The van der Waals surface area contributed by atoms with Crippen LogP contribution in [0.4, 0.5) is 0 Å². The highest BCUT2D eigenvalue weighted by atomic mass is 32.1. The van der Waals surface area contributed by atoms with Crippen LogP contribution >= 0.6 is 11.3 Å². The van der Waals surface area contributed by atoms with Gasteiger partial charge in [0.25, 0.3) is 5.91 Å². The lowest BCUT2D eigenvalue weighted by atomic mass is 9.99. The molecule has 2 N–H and O–H groups in total. The van der Waals surface area contributed by atoms with Gasteiger partial charge < -0.3 is 0 Å². The van der Waals surface area contributed by atoms with Gasteiger partial charge in [0.1, 0.15) is 0 Å². The summed E-state index contributed by atoms with van der Waals surface area (Å²) in [5.74, 6) is -0.107. The fourth-order valence-electron chi connectivity index (χ4n) is 2.42. The highest BCUT2D eigenvalue weighted by Crippen LogP contribution is 2.29. The first kappa shape index (κ1) is 13.8. The maximum absolute atomic E-state index is 12.2. The van der Waals surface area contributed by atoms with Crippen LogP contribution in [0.3, 0.4) is 0 Å². The van der Waals surface area contributed by atoms with Gasteiger partial charge in [0.15, 0.2) is 0 Å². The molecular weight excluding hydrogens is 282 g/mol. The number of carbonyl (C=O) groups is 1. The van der Waals surface area contributed by atoms with E-state index in [4.69, 9.17) is 0 Å². The van der Waals surface area contributed by atoms with Crippen molar-refractivity contribution in [2.45, 2.75) is 25.7 Å². The largest absolute Gasteiger partial charge is 0.298 e. The lowest BCUT2D eigenvalue weighted by Gasteiger charge is -2.10. The van der Waals surface area contributed by atoms with Gasteiger partial charge in [-0.1, -0.05) is 6.58 Å². The average Bonchev–Trinajstić information content (AvgIpc) is 2.97. The van der Waals surface area contributed by atoms with Crippen LogP contribution in [-0.2, 0) is 12.8 Å². The molecule has 0 aromatic carbocycles. The molecule has 0 bridgehead atoms. The molecule has 0 saturated carbocycles. The molecule has 0 spiro atoms. The minimum atomic E-state index is -0.107. The number of nitrogens with one attached hydrogen (secondary N) is 2. The summed E-state index contributed by atoms with van der Waals surface area (Å²) in [5.41, 5.74) is 8.45. The maximum Gasteiger partial charge on any atom is 0.279 e. The number of fused-ring (bicyclic) bond motifs is 1. The van der Waals surface area contributed by atoms with Crippen LogP contribution in [0.25, 0.3) is 5.70 Å². The van der Waals surface area contributed by atoms with E-state index in [1.54, 1.807) is 23.7 Å². The molecule has 0 atom stereocenters. The molecule has 2 heterocycles. The van der Waals surface area contributed by atoms with Gasteiger partial charge in [0.05, 0.1) is 10.6 Å². The fraction of sp³-hybridized carbons (Fsp3) is 0.250. The topological polar surface area (TPSA) is 54.0 Å². The zero-order valence-corrected chi connectivity index (χ0v) is 12.5. The van der Waals surface area contributed by atoms with E-state index < -0.39 is 0 Å². The molecule has 2 aromatic rings. The number of aryl methyl sites for hydroxylation is 2. The molecular formula is C16H17N3OS. The van der Waals surface area contributed by atoms with Gasteiger partial charge >= 0.3 is 0 Å². The van der Waals surface area contributed by atoms with E-state index >= 15 is 0 Å². The monoisotopic (exact) mass is 299 g/mol. The van der Waals surface area contributed by atoms with Crippen LogP contribution in [0.2, 0.25) is 0 Å². The van der Waals surface area contributed by atoms with Crippen molar-refractivity contribution >= 4 is 22.9 Å². The number of hydrogen-bond donors (Lipinski definition) is 2. The predicted octanol–water partition coefficient (Wildman–Crippen LogP) is 2.93. The van der Waals surface area contributed by atoms with Crippen molar-refractivity contribution < 1.29 is 4.79 Å². The molecule has 0 saturated heterocycles. The van der Waals surface area contributed by atoms with E-state index in [0.29, 0.717) is 5.70 Å². The van der Waals surface area contributed by atoms with Crippen molar-refractivity contribution in [3.05, 3.63) is 58.1 Å². The smallest absolute Gasteiger partial charge is 0.279 e. The number of thiophene rings is 1. The molecule has 0 unspecified atom stereocenters. The average molecular weight is 299 g/mol. The van der Waals surface area contributed by atoms with Gasteiger partial charge in [-0.15, -0.1) is 11.3 Å². The van der Waals surface area contributed by atoms with E-state index in [-0.39, 0.29) is 5.91 Å². The summed E-state index contributed by atoms with van der Waals surface area (Å²) < 4.78 is 0. The molecule has 0 aliphatic heterocycles. The number of amides is 1. The van der Waals surface area contributed by atoms with Crippen LogP contribution in [0.1, 0.15) is 38.5 Å². The summed E-state index contributed by atoms with van der Waals surface area (Å²) in [6.45, 7) is 3.91. The van der Waals surface area contributed by atoms with Gasteiger partial charge in [-0.25, -0.2) is 0 Å². The molecule has 3 rings (SSSR count). The van der Waals surface area contributed by atoms with E-state index in [2.05, 4.69) is 22.4 Å². The quantitative estimate of drug-likeness (QED) is 0.854. The van der Waals surface area contributed by atoms with Gasteiger partial charge in [-0.05, 0) is 49.4 Å². The first-order valence-electron chi connectivity index (χ1n) is 7.01. The fourth-order valence-corrected chi connectivity index (χ4v) is 3.57. The Kier molecular flexibility index (Phi) is 4.01. The van der Waals surface area contributed by atoms with Gasteiger partial charge in [-0.3, -0.25) is 20.6 Å². The zero-order chi connectivity index (χ0) is 14.7. The summed E-state index contributed by atoms with van der Waals surface area (Å²) in [7, 11) is 0. The van der Waals surface area contributed by atoms with Gasteiger partial charge in [-0.2, -0.15) is 0 Å². The second kappa shape index (κ2) is 6.10. The number of carbonyl (C=O) groups excluding carboxylic acids is 1. The minimum absolute atomic E-state index is 0.107. The minimum Gasteiger partial charge on any atom is -0.298 e. The number of hydrazine groups is 1. The third-order valence-electron chi connectivity index (χ3n) is 3.58. The van der Waals surface area contributed by atoms with E-state index in [1.165, 1.54) is 23.3 Å². The van der Waals surface area contributed by atoms with Crippen molar-refractivity contribution in [3.63, 3.8) is 0 Å². The molecule has 2 aromatic heterocycles. The first-order valence-corrected chi connectivity index (χ1v) is 7.83. The predicted molar refractivity (Wildman–Crippen MR) is 84.8 cm³/mol. The summed E-state index contributed by atoms with van der Waals surface area (Å²) in [6, 6.07) is 5.70. The third kappa shape index (κ3) is 3.13. The molecule has 0 fully saturated rings. The second-order valence-electron chi connectivity index (χ2n) is 5.06. The number of hydrogen-bond acceptors (Lipinski definition) is 4. The summed E-state index contributed by atoms with van der Waals surface area (Å²) in [5, 5.41) is 0. The van der Waals surface area contributed by atoms with Crippen LogP contribution in [-0.4, -0.2) is 10.9 Å². The van der Waals surface area contributed by atoms with Crippen molar-refractivity contribution in [3.8, 4) is 0 Å². The maximum atomic E-state index is 12.2. The van der Waals surface area contributed by atoms with Crippen LogP contribution in [0.5, 0.6) is 0 Å². The number of aromatic nitrogens is 1. The third-order valence-corrected chi connectivity index (χ3v) is 4.81. The van der Waals surface area contributed by atoms with Crippen LogP contribution in [0.15, 0.2) is 37.2 Å². The Morgan fingerprint density at radius 2 is 1.95 bits per heavy atom. The molecule has 5 heteroatoms. The Morgan fingerprint density at radius 1 is 1.19 bits per heavy atom. The van der Waals surface area contributed by atoms with Gasteiger partial charge in [0, 0.05) is 22.8 Å². The van der Waals surface area contributed by atoms with E-state index in [1.807, 2.05) is 18.2 Å². The summed E-state index contributed by atoms with van der Waals surface area (Å²) in [4.78, 5) is 18.3. The lowest BCUT2D eigenvalue weighted by Crippen LogP contribution is -2.35.